The second kappa shape index (κ2) is 9.24. The minimum Gasteiger partial charge on any atom is -0.478 e. The summed E-state index contributed by atoms with van der Waals surface area (Å²) in [6.45, 7) is 3.99. The van der Waals surface area contributed by atoms with E-state index in [1.807, 2.05) is 18.2 Å². The van der Waals surface area contributed by atoms with Gasteiger partial charge in [-0.2, -0.15) is 0 Å². The molecule has 160 valence electrons. The van der Waals surface area contributed by atoms with Gasteiger partial charge in [0.05, 0.1) is 23.7 Å². The second-order valence-corrected chi connectivity index (χ2v) is 7.79. The smallest absolute Gasteiger partial charge is 0.335 e. The van der Waals surface area contributed by atoms with Crippen LogP contribution < -0.4 is 4.90 Å². The molecule has 2 amide bonds. The Bertz CT molecular complexity index is 980. The van der Waals surface area contributed by atoms with Crippen LogP contribution in [0.4, 0.5) is 5.69 Å². The first-order valence-electron chi connectivity index (χ1n) is 10.4. The zero-order valence-electron chi connectivity index (χ0n) is 17.2. The molecular formula is C24H25N3O4. The third-order valence-electron chi connectivity index (χ3n) is 5.82. The van der Waals surface area contributed by atoms with Crippen molar-refractivity contribution in [2.24, 2.45) is 0 Å². The molecular weight excluding hydrogens is 394 g/mol. The topological polar surface area (TPSA) is 81.2 Å². The first-order chi connectivity index (χ1) is 15.0. The summed E-state index contributed by atoms with van der Waals surface area (Å²) in [7, 11) is 0. The number of nitrogens with zero attached hydrogens (tertiary/aromatic N) is 3. The Morgan fingerprint density at radius 3 is 2.29 bits per heavy atom. The lowest BCUT2D eigenvalue weighted by molar-refractivity contribution is -0.123. The Balaban J connectivity index is 1.32. The Morgan fingerprint density at radius 1 is 0.968 bits per heavy atom. The minimum atomic E-state index is -1.04. The number of piperazine rings is 1. The maximum absolute atomic E-state index is 13.0. The summed E-state index contributed by atoms with van der Waals surface area (Å²) in [6, 6.07) is 15.6. The molecule has 2 aromatic carbocycles. The van der Waals surface area contributed by atoms with Crippen molar-refractivity contribution in [1.82, 2.24) is 9.80 Å². The molecule has 2 heterocycles. The number of carbonyl (C=O) groups excluding carboxylic acids is 2. The highest BCUT2D eigenvalue weighted by atomic mass is 16.4. The molecule has 2 aliphatic heterocycles. The fourth-order valence-electron chi connectivity index (χ4n) is 4.09. The summed E-state index contributed by atoms with van der Waals surface area (Å²) in [5.41, 5.74) is 1.72. The van der Waals surface area contributed by atoms with E-state index in [1.165, 1.54) is 34.7 Å². The first-order valence-corrected chi connectivity index (χ1v) is 10.4. The SMILES string of the molecule is O=C(O)c1ccc(N2C(=O)CC(N3CCN(C/C=C/c4ccccc4)CC3)C2=O)cc1. The van der Waals surface area contributed by atoms with Crippen LogP contribution in [0.25, 0.3) is 6.08 Å². The van der Waals surface area contributed by atoms with E-state index in [9.17, 15) is 14.4 Å². The van der Waals surface area contributed by atoms with Gasteiger partial charge in [-0.3, -0.25) is 19.4 Å². The Morgan fingerprint density at radius 2 is 1.65 bits per heavy atom. The molecule has 0 spiro atoms. The number of carboxylic acid groups (broad SMARTS) is 1. The van der Waals surface area contributed by atoms with E-state index in [-0.39, 0.29) is 23.8 Å². The molecule has 4 rings (SSSR count). The molecule has 2 aliphatic rings. The van der Waals surface area contributed by atoms with Crippen LogP contribution in [0.5, 0.6) is 0 Å². The van der Waals surface area contributed by atoms with Crippen molar-refractivity contribution in [2.75, 3.05) is 37.6 Å². The molecule has 1 atom stereocenters. The van der Waals surface area contributed by atoms with Crippen LogP contribution in [-0.4, -0.2) is 71.5 Å². The summed E-state index contributed by atoms with van der Waals surface area (Å²) in [5, 5.41) is 9.03. The molecule has 0 aliphatic carbocycles. The number of benzene rings is 2. The fraction of sp³-hybridized carbons (Fsp3) is 0.292. The van der Waals surface area contributed by atoms with Crippen LogP contribution in [0.2, 0.25) is 0 Å². The number of hydrogen-bond acceptors (Lipinski definition) is 5. The molecule has 0 aromatic heterocycles. The summed E-state index contributed by atoms with van der Waals surface area (Å²) in [6.07, 6.45) is 4.42. The molecule has 2 aromatic rings. The highest BCUT2D eigenvalue weighted by molar-refractivity contribution is 6.22. The number of anilines is 1. The maximum atomic E-state index is 13.0. The van der Waals surface area contributed by atoms with E-state index in [0.717, 1.165) is 32.7 Å². The van der Waals surface area contributed by atoms with Crippen molar-refractivity contribution >= 4 is 29.5 Å². The quantitative estimate of drug-likeness (QED) is 0.724. The fourth-order valence-corrected chi connectivity index (χ4v) is 4.09. The highest BCUT2D eigenvalue weighted by Crippen LogP contribution is 2.26. The van der Waals surface area contributed by atoms with E-state index >= 15 is 0 Å². The van der Waals surface area contributed by atoms with Gasteiger partial charge in [0.2, 0.25) is 5.91 Å². The van der Waals surface area contributed by atoms with Gasteiger partial charge in [-0.15, -0.1) is 0 Å². The van der Waals surface area contributed by atoms with E-state index in [0.29, 0.717) is 5.69 Å². The predicted molar refractivity (Wildman–Crippen MR) is 118 cm³/mol. The maximum Gasteiger partial charge on any atom is 0.335 e. The summed E-state index contributed by atoms with van der Waals surface area (Å²) in [5.74, 6) is -1.52. The highest BCUT2D eigenvalue weighted by Gasteiger charge is 2.43. The van der Waals surface area contributed by atoms with Gasteiger partial charge in [-0.05, 0) is 29.8 Å². The van der Waals surface area contributed by atoms with Crippen LogP contribution in [-0.2, 0) is 9.59 Å². The van der Waals surface area contributed by atoms with Crippen molar-refractivity contribution in [2.45, 2.75) is 12.5 Å². The van der Waals surface area contributed by atoms with Crippen molar-refractivity contribution in [3.63, 3.8) is 0 Å². The largest absolute Gasteiger partial charge is 0.478 e. The zero-order valence-corrected chi connectivity index (χ0v) is 17.2. The van der Waals surface area contributed by atoms with Crippen molar-refractivity contribution in [3.05, 3.63) is 71.8 Å². The molecule has 2 saturated heterocycles. The van der Waals surface area contributed by atoms with E-state index < -0.39 is 12.0 Å². The van der Waals surface area contributed by atoms with Gasteiger partial charge in [-0.1, -0.05) is 42.5 Å². The normalized spacial score (nSPS) is 20.6. The standard InChI is InChI=1S/C24H25N3O4/c28-22-17-21(23(29)27(22)20-10-8-19(9-11-20)24(30)31)26-15-13-25(14-16-26)12-4-7-18-5-2-1-3-6-18/h1-11,21H,12-17H2,(H,30,31)/b7-4+. The molecule has 31 heavy (non-hydrogen) atoms. The number of hydrogen-bond donors (Lipinski definition) is 1. The average molecular weight is 419 g/mol. The van der Waals surface area contributed by atoms with Crippen molar-refractivity contribution < 1.29 is 19.5 Å². The van der Waals surface area contributed by atoms with Crippen LogP contribution in [0.3, 0.4) is 0 Å². The molecule has 0 bridgehead atoms. The van der Waals surface area contributed by atoms with Gasteiger partial charge in [0.25, 0.3) is 5.91 Å². The Labute approximate surface area is 181 Å². The summed E-state index contributed by atoms with van der Waals surface area (Å²) < 4.78 is 0. The first kappa shape index (κ1) is 21.0. The second-order valence-electron chi connectivity index (χ2n) is 7.79. The van der Waals surface area contributed by atoms with Gasteiger partial charge >= 0.3 is 5.97 Å². The lowest BCUT2D eigenvalue weighted by atomic mass is 10.1. The number of carbonyl (C=O) groups is 3. The molecule has 1 N–H and O–H groups in total. The Kier molecular flexibility index (Phi) is 6.25. The zero-order chi connectivity index (χ0) is 21.8. The van der Waals surface area contributed by atoms with Gasteiger partial charge < -0.3 is 5.11 Å². The van der Waals surface area contributed by atoms with Crippen LogP contribution in [0.15, 0.2) is 60.7 Å². The molecule has 0 radical (unpaired) electrons. The third kappa shape index (κ3) is 4.73. The van der Waals surface area contributed by atoms with Gasteiger partial charge in [0.15, 0.2) is 0 Å². The van der Waals surface area contributed by atoms with Gasteiger partial charge in [0, 0.05) is 32.7 Å². The third-order valence-corrected chi connectivity index (χ3v) is 5.82. The van der Waals surface area contributed by atoms with Gasteiger partial charge in [0.1, 0.15) is 0 Å². The van der Waals surface area contributed by atoms with E-state index in [4.69, 9.17) is 5.11 Å². The number of amides is 2. The number of imide groups is 1. The summed E-state index contributed by atoms with van der Waals surface area (Å²) >= 11 is 0. The van der Waals surface area contributed by atoms with Crippen molar-refractivity contribution in [1.29, 1.82) is 0 Å². The van der Waals surface area contributed by atoms with Crippen molar-refractivity contribution in [3.8, 4) is 0 Å². The monoisotopic (exact) mass is 419 g/mol. The number of aromatic carboxylic acids is 1. The number of carboxylic acids is 1. The van der Waals surface area contributed by atoms with E-state index in [2.05, 4.69) is 34.1 Å². The molecule has 7 nitrogen and oxygen atoms in total. The van der Waals surface area contributed by atoms with Gasteiger partial charge in [-0.25, -0.2) is 9.69 Å². The minimum absolute atomic E-state index is 0.122. The summed E-state index contributed by atoms with van der Waals surface area (Å²) in [4.78, 5) is 42.1. The molecule has 1 unspecified atom stereocenters. The number of rotatable bonds is 6. The lowest BCUT2D eigenvalue weighted by Gasteiger charge is -2.36. The lowest BCUT2D eigenvalue weighted by Crippen LogP contribution is -2.52. The molecule has 2 fully saturated rings. The predicted octanol–water partition coefficient (Wildman–Crippen LogP) is 2.35. The van der Waals surface area contributed by atoms with Crippen LogP contribution >= 0.6 is 0 Å². The molecule has 0 saturated carbocycles. The van der Waals surface area contributed by atoms with Crippen LogP contribution in [0.1, 0.15) is 22.3 Å². The Hall–Kier alpha value is -3.29. The average Bonchev–Trinajstić information content (AvgIpc) is 3.09. The van der Waals surface area contributed by atoms with Crippen LogP contribution in [0, 0.1) is 0 Å². The van der Waals surface area contributed by atoms with E-state index in [1.54, 1.807) is 0 Å². The molecule has 7 heteroatoms.